The number of azo groups is 1. The van der Waals surface area contributed by atoms with Gasteiger partial charge in [0, 0.05) is 21.6 Å². The van der Waals surface area contributed by atoms with Crippen molar-refractivity contribution < 1.29 is 14.3 Å². The van der Waals surface area contributed by atoms with Crippen molar-refractivity contribution in [2.24, 2.45) is 10.2 Å². The summed E-state index contributed by atoms with van der Waals surface area (Å²) in [5, 5.41) is 10.2. The van der Waals surface area contributed by atoms with Gasteiger partial charge in [0.15, 0.2) is 0 Å². The molecule has 8 nitrogen and oxygen atoms in total. The Hall–Kier alpha value is -4.45. The molecule has 4 heterocycles. The quantitative estimate of drug-likeness (QED) is 0.0382. The van der Waals surface area contributed by atoms with Crippen molar-refractivity contribution >= 4 is 87.9 Å². The molecule has 1 saturated heterocycles. The van der Waals surface area contributed by atoms with Crippen LogP contribution in [0.15, 0.2) is 89.1 Å². The number of ether oxygens (including phenoxy) is 2. The third-order valence-electron chi connectivity index (χ3n) is 9.58. The molecule has 0 radical (unpaired) electrons. The van der Waals surface area contributed by atoms with Gasteiger partial charge in [-0.05, 0) is 126 Å². The van der Waals surface area contributed by atoms with E-state index in [1.807, 2.05) is 60.7 Å². The van der Waals surface area contributed by atoms with Gasteiger partial charge in [-0.1, -0.05) is 49.7 Å². The van der Waals surface area contributed by atoms with Crippen LogP contribution in [0.5, 0.6) is 11.5 Å². The number of esters is 1. The lowest BCUT2D eigenvalue weighted by Crippen LogP contribution is -2.58. The number of unbranched alkanes of at least 4 members (excludes halogenated alkanes) is 3. The van der Waals surface area contributed by atoms with Crippen molar-refractivity contribution in [1.29, 1.82) is 0 Å². The highest BCUT2D eigenvalue weighted by atomic mass is 32.1. The maximum absolute atomic E-state index is 13.8. The highest BCUT2D eigenvalue weighted by Crippen LogP contribution is 2.43. The summed E-state index contributed by atoms with van der Waals surface area (Å²) in [5.74, 6) is 0.722. The van der Waals surface area contributed by atoms with Crippen molar-refractivity contribution in [3.63, 3.8) is 0 Å². The number of anilines is 1. The lowest BCUT2D eigenvalue weighted by molar-refractivity contribution is -0.127. The highest BCUT2D eigenvalue weighted by Gasteiger charge is 2.41. The van der Waals surface area contributed by atoms with E-state index in [9.17, 15) is 4.79 Å². The molecular formula is C42H45N5O3S3. The topological polar surface area (TPSA) is 89.3 Å². The van der Waals surface area contributed by atoms with Crippen molar-refractivity contribution in [3.05, 3.63) is 88.7 Å². The number of benzene rings is 3. The minimum atomic E-state index is -0.477. The molecule has 0 aliphatic carbocycles. The average Bonchev–Trinajstić information content (AvgIpc) is 3.83. The van der Waals surface area contributed by atoms with E-state index < -0.39 is 5.97 Å². The Labute approximate surface area is 323 Å². The molecule has 0 spiro atoms. The highest BCUT2D eigenvalue weighted by molar-refractivity contribution is 7.29. The fourth-order valence-electron chi connectivity index (χ4n) is 7.14. The first kappa shape index (κ1) is 36.9. The van der Waals surface area contributed by atoms with E-state index >= 15 is 0 Å². The molecule has 1 aliphatic rings. The van der Waals surface area contributed by atoms with Crippen molar-refractivity contribution in [1.82, 2.24) is 9.97 Å². The third-order valence-corrected chi connectivity index (χ3v) is 12.6. The maximum atomic E-state index is 13.8. The lowest BCUT2D eigenvalue weighted by atomic mass is 9.79. The molecule has 0 bridgehead atoms. The minimum absolute atomic E-state index is 0.0932. The van der Waals surface area contributed by atoms with Crippen LogP contribution >= 0.6 is 34.0 Å². The number of para-hydroxylation sites is 1. The number of thiophene rings is 1. The van der Waals surface area contributed by atoms with E-state index in [4.69, 9.17) is 19.4 Å². The van der Waals surface area contributed by atoms with Crippen LogP contribution in [0.3, 0.4) is 0 Å². The summed E-state index contributed by atoms with van der Waals surface area (Å²) in [7, 11) is 0. The molecule has 6 aromatic rings. The molecule has 11 heteroatoms. The van der Waals surface area contributed by atoms with E-state index in [1.165, 1.54) is 71.8 Å². The van der Waals surface area contributed by atoms with Crippen LogP contribution in [0.2, 0.25) is 0 Å². The number of piperidine rings is 1. The van der Waals surface area contributed by atoms with Gasteiger partial charge in [-0.15, -0.1) is 32.9 Å². The number of fused-ring (bicyclic) bond motifs is 2. The standard InChI is InChI=1S/C42H45N5O3S3/c1-6-7-8-11-25-49-30-19-21-31(22-20-30)50-39(48)33(37-43-34-13-9-10-14-35(34)52-37)26-32-27-36-38(51-32)44-40(53-36)46-45-28-15-17-29(18-16-28)47-41(2,3)23-12-24-42(47,4)5/h9-10,13-22,26-27H,6-8,11-12,23-25H2,1-5H3/b33-26+,46-45?. The summed E-state index contributed by atoms with van der Waals surface area (Å²) in [6.07, 6.45) is 10.0. The van der Waals surface area contributed by atoms with Crippen molar-refractivity contribution in [3.8, 4) is 11.5 Å². The third kappa shape index (κ3) is 8.69. The zero-order valence-corrected chi connectivity index (χ0v) is 33.4. The zero-order valence-electron chi connectivity index (χ0n) is 30.9. The Bertz CT molecular complexity index is 2170. The van der Waals surface area contributed by atoms with Gasteiger partial charge in [-0.2, -0.15) is 0 Å². The van der Waals surface area contributed by atoms with Crippen LogP contribution in [-0.2, 0) is 4.79 Å². The van der Waals surface area contributed by atoms with Crippen LogP contribution in [0.1, 0.15) is 89.4 Å². The second kappa shape index (κ2) is 15.9. The Balaban J connectivity index is 1.07. The Morgan fingerprint density at radius 3 is 2.28 bits per heavy atom. The first-order valence-electron chi connectivity index (χ1n) is 18.3. The summed E-state index contributed by atoms with van der Waals surface area (Å²) in [4.78, 5) is 27.6. The van der Waals surface area contributed by atoms with Gasteiger partial charge < -0.3 is 14.4 Å². The van der Waals surface area contributed by atoms with Crippen LogP contribution < -0.4 is 14.4 Å². The summed E-state index contributed by atoms with van der Waals surface area (Å²) < 4.78 is 13.7. The summed E-state index contributed by atoms with van der Waals surface area (Å²) in [5.41, 5.74) is 3.40. The molecule has 1 fully saturated rings. The number of carbonyl (C=O) groups is 1. The first-order valence-corrected chi connectivity index (χ1v) is 20.8. The first-order chi connectivity index (χ1) is 25.6. The molecule has 0 N–H and O–H groups in total. The number of aromatic nitrogens is 2. The van der Waals surface area contributed by atoms with E-state index in [0.717, 1.165) is 48.9 Å². The van der Waals surface area contributed by atoms with Crippen LogP contribution in [0, 0.1) is 0 Å². The van der Waals surface area contributed by atoms with Gasteiger partial charge in [0.25, 0.3) is 0 Å². The average molecular weight is 764 g/mol. The smallest absolute Gasteiger partial charge is 0.346 e. The molecule has 0 amide bonds. The number of hydrogen-bond donors (Lipinski definition) is 0. The summed E-state index contributed by atoms with van der Waals surface area (Å²) in [6.45, 7) is 12.2. The molecule has 274 valence electrons. The monoisotopic (exact) mass is 763 g/mol. The molecule has 3 aromatic heterocycles. The summed E-state index contributed by atoms with van der Waals surface area (Å²) >= 11 is 4.43. The maximum Gasteiger partial charge on any atom is 0.346 e. The Morgan fingerprint density at radius 2 is 1.57 bits per heavy atom. The molecule has 7 rings (SSSR count). The van der Waals surface area contributed by atoms with Gasteiger partial charge in [-0.25, -0.2) is 14.8 Å². The van der Waals surface area contributed by atoms with Crippen LogP contribution in [-0.4, -0.2) is 33.6 Å². The lowest BCUT2D eigenvalue weighted by Gasteiger charge is -2.54. The number of carbonyl (C=O) groups excluding carboxylic acids is 1. The van der Waals surface area contributed by atoms with E-state index in [0.29, 0.717) is 28.1 Å². The molecule has 0 atom stereocenters. The molecular weight excluding hydrogens is 719 g/mol. The van der Waals surface area contributed by atoms with Gasteiger partial charge in [0.05, 0.1) is 32.8 Å². The largest absolute Gasteiger partial charge is 0.494 e. The predicted molar refractivity (Wildman–Crippen MR) is 222 cm³/mol. The number of rotatable bonds is 13. The van der Waals surface area contributed by atoms with Crippen molar-refractivity contribution in [2.45, 2.75) is 90.6 Å². The fourth-order valence-corrected chi connectivity index (χ4v) is 10.1. The Morgan fingerprint density at radius 1 is 0.830 bits per heavy atom. The zero-order chi connectivity index (χ0) is 37.0. The fraction of sp³-hybridized carbons (Fsp3) is 0.357. The number of thiazole rings is 2. The SMILES string of the molecule is CCCCCCOc1ccc(OC(=O)/C(=C/c2cc3sc(N=Nc4ccc(N5C(C)(C)CCCC5(C)C)cc4)nc3s2)c2nc3ccccc3s2)cc1. The second-order valence-electron chi connectivity index (χ2n) is 14.7. The molecule has 0 unspecified atom stereocenters. The molecule has 0 saturated carbocycles. The van der Waals surface area contributed by atoms with Crippen molar-refractivity contribution in [2.75, 3.05) is 11.5 Å². The number of nitrogens with zero attached hydrogens (tertiary/aromatic N) is 5. The minimum Gasteiger partial charge on any atom is -0.494 e. The Kier molecular flexibility index (Phi) is 11.1. The van der Waals surface area contributed by atoms with Gasteiger partial charge in [0.2, 0.25) is 5.13 Å². The molecule has 53 heavy (non-hydrogen) atoms. The van der Waals surface area contributed by atoms with Crippen LogP contribution in [0.25, 0.3) is 31.4 Å². The van der Waals surface area contributed by atoms with Gasteiger partial charge in [0.1, 0.15) is 21.3 Å². The van der Waals surface area contributed by atoms with E-state index in [2.05, 4.69) is 61.9 Å². The molecule has 3 aromatic carbocycles. The molecule has 1 aliphatic heterocycles. The normalized spacial score (nSPS) is 15.8. The van der Waals surface area contributed by atoms with Gasteiger partial charge >= 0.3 is 5.97 Å². The second-order valence-corrected chi connectivity index (χ2v) is 17.8. The van der Waals surface area contributed by atoms with E-state index in [1.54, 1.807) is 12.1 Å². The number of hydrogen-bond acceptors (Lipinski definition) is 11. The van der Waals surface area contributed by atoms with Gasteiger partial charge in [-0.3, -0.25) is 0 Å². The van der Waals surface area contributed by atoms with E-state index in [-0.39, 0.29) is 11.1 Å². The predicted octanol–water partition coefficient (Wildman–Crippen LogP) is 13.0. The van der Waals surface area contributed by atoms with Crippen LogP contribution in [0.4, 0.5) is 16.5 Å². The summed E-state index contributed by atoms with van der Waals surface area (Å²) in [6, 6.07) is 25.5.